The second kappa shape index (κ2) is 5.21. The first-order valence-corrected chi connectivity index (χ1v) is 7.28. The zero-order valence-corrected chi connectivity index (χ0v) is 12.1. The number of hydrogen-bond acceptors (Lipinski definition) is 1. The van der Waals surface area contributed by atoms with Crippen LogP contribution in [0.15, 0.2) is 40.9 Å². The van der Waals surface area contributed by atoms with E-state index in [9.17, 15) is 4.79 Å². The van der Waals surface area contributed by atoms with Crippen LogP contribution in [0.5, 0.6) is 0 Å². The molecule has 3 nitrogen and oxygen atoms in total. The fraction of sp³-hybridized carbons (Fsp3) is 0.267. The predicted molar refractivity (Wildman–Crippen MR) is 81.5 cm³/mol. The number of nitrogens with one attached hydrogen (secondary N) is 1. The monoisotopic (exact) mass is 318 g/mol. The van der Waals surface area contributed by atoms with Crippen molar-refractivity contribution >= 4 is 38.4 Å². The molecule has 3 rings (SSSR count). The number of likely N-dealkylation sites (tertiary alicyclic amines) is 1. The van der Waals surface area contributed by atoms with Crippen LogP contribution in [0.1, 0.15) is 12.8 Å². The van der Waals surface area contributed by atoms with Crippen LogP contribution in [0.3, 0.4) is 0 Å². The number of carbonyl (C=O) groups is 1. The van der Waals surface area contributed by atoms with Crippen LogP contribution >= 0.6 is 15.9 Å². The average Bonchev–Trinajstić information content (AvgIpc) is 2.96. The summed E-state index contributed by atoms with van der Waals surface area (Å²) < 4.78 is 1.04. The molecule has 0 bridgehead atoms. The third kappa shape index (κ3) is 2.45. The first-order chi connectivity index (χ1) is 9.25. The number of rotatable bonds is 1. The molecule has 1 saturated heterocycles. The maximum absolute atomic E-state index is 12.1. The zero-order chi connectivity index (χ0) is 13.2. The summed E-state index contributed by atoms with van der Waals surface area (Å²) in [5.74, 6) is 0. The maximum atomic E-state index is 12.1. The summed E-state index contributed by atoms with van der Waals surface area (Å²) in [6, 6.07) is 12.0. The van der Waals surface area contributed by atoms with Crippen LogP contribution in [0, 0.1) is 0 Å². The quantitative estimate of drug-likeness (QED) is 0.838. The van der Waals surface area contributed by atoms with Gasteiger partial charge in [0.15, 0.2) is 0 Å². The molecule has 2 aromatic rings. The molecule has 1 N–H and O–H groups in total. The summed E-state index contributed by atoms with van der Waals surface area (Å²) in [6.45, 7) is 1.72. The van der Waals surface area contributed by atoms with Crippen molar-refractivity contribution < 1.29 is 4.79 Å². The summed E-state index contributed by atoms with van der Waals surface area (Å²) in [4.78, 5) is 14.0. The molecule has 1 aliphatic rings. The minimum Gasteiger partial charge on any atom is -0.325 e. The van der Waals surface area contributed by atoms with Crippen LogP contribution in [-0.4, -0.2) is 24.0 Å². The molecule has 0 spiro atoms. The molecule has 2 aromatic carbocycles. The van der Waals surface area contributed by atoms with Gasteiger partial charge in [0, 0.05) is 22.9 Å². The van der Waals surface area contributed by atoms with E-state index in [4.69, 9.17) is 0 Å². The number of nitrogens with zero attached hydrogens (tertiary/aromatic N) is 1. The van der Waals surface area contributed by atoms with Gasteiger partial charge in [0.25, 0.3) is 0 Å². The van der Waals surface area contributed by atoms with Crippen molar-refractivity contribution in [3.05, 3.63) is 40.9 Å². The Morgan fingerprint density at radius 1 is 1.05 bits per heavy atom. The second-order valence-corrected chi connectivity index (χ2v) is 5.62. The molecule has 2 amide bonds. The molecule has 4 heteroatoms. The van der Waals surface area contributed by atoms with Gasteiger partial charge in [0.2, 0.25) is 0 Å². The number of urea groups is 1. The SMILES string of the molecule is O=C(Nc1ccc(Br)c2ccccc12)N1CCCC1. The van der Waals surface area contributed by atoms with Crippen LogP contribution in [0.25, 0.3) is 10.8 Å². The van der Waals surface area contributed by atoms with Gasteiger partial charge in [-0.2, -0.15) is 0 Å². The number of benzene rings is 2. The summed E-state index contributed by atoms with van der Waals surface area (Å²) in [7, 11) is 0. The molecule has 1 aliphatic heterocycles. The predicted octanol–water partition coefficient (Wildman–Crippen LogP) is 4.23. The molecular weight excluding hydrogens is 304 g/mol. The number of hydrogen-bond donors (Lipinski definition) is 1. The zero-order valence-electron chi connectivity index (χ0n) is 10.5. The van der Waals surface area contributed by atoms with Crippen LogP contribution in [0.4, 0.5) is 10.5 Å². The van der Waals surface area contributed by atoms with Gasteiger partial charge >= 0.3 is 6.03 Å². The second-order valence-electron chi connectivity index (χ2n) is 4.76. The molecular formula is C15H15BrN2O. The molecule has 0 aromatic heterocycles. The van der Waals surface area contributed by atoms with Gasteiger partial charge in [-0.15, -0.1) is 0 Å². The fourth-order valence-corrected chi connectivity index (χ4v) is 2.96. The fourth-order valence-electron chi connectivity index (χ4n) is 2.49. The van der Waals surface area contributed by atoms with Gasteiger partial charge in [-0.25, -0.2) is 4.79 Å². The lowest BCUT2D eigenvalue weighted by molar-refractivity contribution is 0.222. The van der Waals surface area contributed by atoms with Gasteiger partial charge in [-0.05, 0) is 30.4 Å². The minimum absolute atomic E-state index is 0.00461. The third-order valence-electron chi connectivity index (χ3n) is 3.51. The Bertz CT molecular complexity index is 621. The van der Waals surface area contributed by atoms with Gasteiger partial charge in [0.1, 0.15) is 0 Å². The van der Waals surface area contributed by atoms with E-state index in [0.29, 0.717) is 0 Å². The van der Waals surface area contributed by atoms with Crippen LogP contribution in [-0.2, 0) is 0 Å². The van der Waals surface area contributed by atoms with Gasteiger partial charge in [0.05, 0.1) is 5.69 Å². The summed E-state index contributed by atoms with van der Waals surface area (Å²) in [5.41, 5.74) is 0.871. The maximum Gasteiger partial charge on any atom is 0.321 e. The van der Waals surface area contributed by atoms with E-state index in [0.717, 1.165) is 46.9 Å². The summed E-state index contributed by atoms with van der Waals surface area (Å²) in [5, 5.41) is 5.19. The minimum atomic E-state index is 0.00461. The standard InChI is InChI=1S/C15H15BrN2O/c16-13-7-8-14(12-6-2-1-5-11(12)13)17-15(19)18-9-3-4-10-18/h1-2,5-8H,3-4,9-10H2,(H,17,19). The molecule has 0 aliphatic carbocycles. The number of fused-ring (bicyclic) bond motifs is 1. The van der Waals surface area contributed by atoms with Crippen molar-refractivity contribution in [3.63, 3.8) is 0 Å². The Morgan fingerprint density at radius 2 is 1.74 bits per heavy atom. The lowest BCUT2D eigenvalue weighted by Gasteiger charge is -2.17. The van der Waals surface area contributed by atoms with Gasteiger partial charge in [-0.3, -0.25) is 0 Å². The topological polar surface area (TPSA) is 32.3 Å². The third-order valence-corrected chi connectivity index (χ3v) is 4.20. The highest BCUT2D eigenvalue weighted by atomic mass is 79.9. The number of amides is 2. The molecule has 0 unspecified atom stereocenters. The molecule has 1 fully saturated rings. The van der Waals surface area contributed by atoms with Crippen molar-refractivity contribution in [2.75, 3.05) is 18.4 Å². The van der Waals surface area contributed by atoms with E-state index in [-0.39, 0.29) is 6.03 Å². The number of halogens is 1. The Kier molecular flexibility index (Phi) is 3.42. The summed E-state index contributed by atoms with van der Waals surface area (Å²) >= 11 is 3.54. The number of carbonyl (C=O) groups excluding carboxylic acids is 1. The van der Waals surface area contributed by atoms with E-state index >= 15 is 0 Å². The van der Waals surface area contributed by atoms with Crippen molar-refractivity contribution in [1.29, 1.82) is 0 Å². The van der Waals surface area contributed by atoms with Crippen molar-refractivity contribution in [2.45, 2.75) is 12.8 Å². The van der Waals surface area contributed by atoms with E-state index < -0.39 is 0 Å². The highest BCUT2D eigenvalue weighted by Gasteiger charge is 2.18. The van der Waals surface area contributed by atoms with Gasteiger partial charge in [-0.1, -0.05) is 40.2 Å². The first-order valence-electron chi connectivity index (χ1n) is 6.49. The average molecular weight is 319 g/mol. The molecule has 19 heavy (non-hydrogen) atoms. The Balaban J connectivity index is 1.92. The highest BCUT2D eigenvalue weighted by Crippen LogP contribution is 2.30. The molecule has 0 radical (unpaired) electrons. The van der Waals surface area contributed by atoms with E-state index in [1.165, 1.54) is 0 Å². The first kappa shape index (κ1) is 12.5. The lowest BCUT2D eigenvalue weighted by Crippen LogP contribution is -2.32. The normalized spacial score (nSPS) is 14.9. The van der Waals surface area contributed by atoms with Crippen molar-refractivity contribution in [2.24, 2.45) is 0 Å². The van der Waals surface area contributed by atoms with Gasteiger partial charge < -0.3 is 10.2 Å². The Labute approximate surface area is 120 Å². The molecule has 0 atom stereocenters. The Morgan fingerprint density at radius 3 is 2.47 bits per heavy atom. The molecule has 1 heterocycles. The lowest BCUT2D eigenvalue weighted by atomic mass is 10.1. The van der Waals surface area contributed by atoms with E-state index in [2.05, 4.69) is 21.2 Å². The van der Waals surface area contributed by atoms with E-state index in [1.807, 2.05) is 41.3 Å². The smallest absolute Gasteiger partial charge is 0.321 e. The molecule has 98 valence electrons. The number of anilines is 1. The highest BCUT2D eigenvalue weighted by molar-refractivity contribution is 9.10. The molecule has 0 saturated carbocycles. The Hall–Kier alpha value is -1.55. The van der Waals surface area contributed by atoms with Crippen molar-refractivity contribution in [3.8, 4) is 0 Å². The van der Waals surface area contributed by atoms with Crippen LogP contribution < -0.4 is 5.32 Å². The largest absolute Gasteiger partial charge is 0.325 e. The summed E-state index contributed by atoms with van der Waals surface area (Å²) in [6.07, 6.45) is 2.21. The van der Waals surface area contributed by atoms with Crippen LogP contribution in [0.2, 0.25) is 0 Å². The van der Waals surface area contributed by atoms with Crippen molar-refractivity contribution in [1.82, 2.24) is 4.90 Å². The van der Waals surface area contributed by atoms with E-state index in [1.54, 1.807) is 0 Å².